The fourth-order valence-corrected chi connectivity index (χ4v) is 2.20. The number of carbonyl (C=O) groups excluding carboxylic acids is 2. The topological polar surface area (TPSA) is 34.1 Å². The van der Waals surface area contributed by atoms with Crippen LogP contribution in [0.25, 0.3) is 0 Å². The monoisotopic (exact) mass is 310 g/mol. The summed E-state index contributed by atoms with van der Waals surface area (Å²) >= 11 is 3.34. The molecule has 0 saturated heterocycles. The molecular weight excluding hydrogens is 292 g/mol. The number of ketones is 2. The van der Waals surface area contributed by atoms with Gasteiger partial charge >= 0.3 is 0 Å². The second-order valence-corrected chi connectivity index (χ2v) is 5.99. The molecule has 3 heteroatoms. The first kappa shape index (κ1) is 15.1. The molecule has 18 heavy (non-hydrogen) atoms. The van der Waals surface area contributed by atoms with Crippen LogP contribution < -0.4 is 0 Å². The third kappa shape index (κ3) is 4.73. The Bertz CT molecular complexity index is 421. The molecule has 0 amide bonds. The minimum atomic E-state index is -0.152. The highest BCUT2D eigenvalue weighted by Crippen LogP contribution is 2.20. The van der Waals surface area contributed by atoms with Crippen molar-refractivity contribution in [3.8, 4) is 0 Å². The predicted octanol–water partition coefficient (Wildman–Crippen LogP) is 4.27. The Hall–Kier alpha value is -0.960. The summed E-state index contributed by atoms with van der Waals surface area (Å²) in [5, 5.41) is 0. The Kier molecular flexibility index (Phi) is 5.73. The largest absolute Gasteiger partial charge is 0.300 e. The lowest BCUT2D eigenvalue weighted by molar-refractivity contribution is -0.121. The van der Waals surface area contributed by atoms with Crippen LogP contribution in [0, 0.1) is 11.8 Å². The van der Waals surface area contributed by atoms with Crippen LogP contribution in [0.5, 0.6) is 0 Å². The summed E-state index contributed by atoms with van der Waals surface area (Å²) in [5.74, 6) is 0.426. The van der Waals surface area contributed by atoms with Crippen molar-refractivity contribution in [2.75, 3.05) is 0 Å². The van der Waals surface area contributed by atoms with E-state index in [1.807, 2.05) is 12.1 Å². The minimum absolute atomic E-state index is 0.0448. The van der Waals surface area contributed by atoms with Crippen LogP contribution in [-0.2, 0) is 4.79 Å². The van der Waals surface area contributed by atoms with E-state index in [4.69, 9.17) is 0 Å². The summed E-state index contributed by atoms with van der Waals surface area (Å²) < 4.78 is 0.948. The number of hydrogen-bond donors (Lipinski definition) is 0. The molecule has 0 fully saturated rings. The smallest absolute Gasteiger partial charge is 0.163 e. The van der Waals surface area contributed by atoms with Gasteiger partial charge in [0.15, 0.2) is 5.78 Å². The van der Waals surface area contributed by atoms with Gasteiger partial charge in [-0.15, -0.1) is 0 Å². The van der Waals surface area contributed by atoms with Gasteiger partial charge in [0.05, 0.1) is 0 Å². The summed E-state index contributed by atoms with van der Waals surface area (Å²) in [6.45, 7) is 5.71. The molecule has 1 aromatic rings. The highest BCUT2D eigenvalue weighted by Gasteiger charge is 2.20. The van der Waals surface area contributed by atoms with Crippen LogP contribution in [0.3, 0.4) is 0 Å². The van der Waals surface area contributed by atoms with Crippen LogP contribution >= 0.6 is 15.9 Å². The zero-order valence-electron chi connectivity index (χ0n) is 11.1. The van der Waals surface area contributed by atoms with Gasteiger partial charge in [-0.25, -0.2) is 0 Å². The van der Waals surface area contributed by atoms with Crippen LogP contribution in [0.4, 0.5) is 0 Å². The maximum atomic E-state index is 12.1. The molecule has 0 radical (unpaired) electrons. The maximum Gasteiger partial charge on any atom is 0.163 e. The standard InChI is InChI=1S/C15H19BrO2/c1-10(2)8-13(11(3)17)9-15(18)12-4-6-14(16)7-5-12/h4-7,10,13H,8-9H2,1-3H3. The van der Waals surface area contributed by atoms with E-state index in [1.165, 1.54) is 0 Å². The Morgan fingerprint density at radius 3 is 2.17 bits per heavy atom. The fraction of sp³-hybridized carbons (Fsp3) is 0.467. The number of Topliss-reactive ketones (excluding diaryl/α,β-unsaturated/α-hetero) is 2. The van der Waals surface area contributed by atoms with E-state index in [-0.39, 0.29) is 17.5 Å². The molecule has 0 aliphatic heterocycles. The van der Waals surface area contributed by atoms with E-state index in [0.717, 1.165) is 10.9 Å². The Morgan fingerprint density at radius 1 is 1.17 bits per heavy atom. The molecule has 0 spiro atoms. The first-order valence-corrected chi connectivity index (χ1v) is 6.98. The molecule has 0 N–H and O–H groups in total. The van der Waals surface area contributed by atoms with Gasteiger partial charge < -0.3 is 0 Å². The van der Waals surface area contributed by atoms with Gasteiger partial charge in [0.2, 0.25) is 0 Å². The number of rotatable bonds is 6. The summed E-state index contributed by atoms with van der Waals surface area (Å²) in [5.41, 5.74) is 0.674. The summed E-state index contributed by atoms with van der Waals surface area (Å²) in [6.07, 6.45) is 1.09. The molecule has 0 aliphatic rings. The Morgan fingerprint density at radius 2 is 1.72 bits per heavy atom. The maximum absolute atomic E-state index is 12.1. The quantitative estimate of drug-likeness (QED) is 0.735. The second-order valence-electron chi connectivity index (χ2n) is 5.07. The van der Waals surface area contributed by atoms with E-state index >= 15 is 0 Å². The predicted molar refractivity (Wildman–Crippen MR) is 76.7 cm³/mol. The van der Waals surface area contributed by atoms with Gasteiger partial charge in [0, 0.05) is 22.4 Å². The molecule has 2 nitrogen and oxygen atoms in total. The third-order valence-electron chi connectivity index (χ3n) is 2.93. The lowest BCUT2D eigenvalue weighted by Crippen LogP contribution is -2.18. The first-order chi connectivity index (χ1) is 8.40. The Balaban J connectivity index is 2.72. The highest BCUT2D eigenvalue weighted by molar-refractivity contribution is 9.10. The second kappa shape index (κ2) is 6.83. The molecule has 0 saturated carbocycles. The van der Waals surface area contributed by atoms with Crippen LogP contribution in [0.1, 0.15) is 44.0 Å². The average molecular weight is 311 g/mol. The molecule has 0 heterocycles. The molecule has 1 atom stereocenters. The van der Waals surface area contributed by atoms with E-state index in [2.05, 4.69) is 29.8 Å². The molecule has 0 aliphatic carbocycles. The van der Waals surface area contributed by atoms with E-state index in [1.54, 1.807) is 19.1 Å². The van der Waals surface area contributed by atoms with Gasteiger partial charge in [-0.05, 0) is 31.4 Å². The number of halogens is 1. The lowest BCUT2D eigenvalue weighted by Gasteiger charge is -2.15. The van der Waals surface area contributed by atoms with Gasteiger partial charge in [-0.1, -0.05) is 41.9 Å². The Labute approximate surface area is 117 Å². The summed E-state index contributed by atoms with van der Waals surface area (Å²) in [7, 11) is 0. The van der Waals surface area contributed by atoms with E-state index in [9.17, 15) is 9.59 Å². The van der Waals surface area contributed by atoms with Gasteiger partial charge in [0.25, 0.3) is 0 Å². The van der Waals surface area contributed by atoms with Crippen molar-refractivity contribution in [2.45, 2.75) is 33.6 Å². The van der Waals surface area contributed by atoms with Gasteiger partial charge in [0.1, 0.15) is 5.78 Å². The van der Waals surface area contributed by atoms with Crippen molar-refractivity contribution < 1.29 is 9.59 Å². The zero-order chi connectivity index (χ0) is 13.7. The van der Waals surface area contributed by atoms with Crippen LogP contribution in [0.2, 0.25) is 0 Å². The fourth-order valence-electron chi connectivity index (χ4n) is 1.94. The molecule has 1 unspecified atom stereocenters. The van der Waals surface area contributed by atoms with Crippen LogP contribution in [-0.4, -0.2) is 11.6 Å². The van der Waals surface area contributed by atoms with Crippen molar-refractivity contribution in [1.29, 1.82) is 0 Å². The minimum Gasteiger partial charge on any atom is -0.300 e. The SMILES string of the molecule is CC(=O)C(CC(=O)c1ccc(Br)cc1)CC(C)C. The highest BCUT2D eigenvalue weighted by atomic mass is 79.9. The molecule has 98 valence electrons. The van der Waals surface area contributed by atoms with Crippen molar-refractivity contribution in [3.63, 3.8) is 0 Å². The molecule has 1 rings (SSSR count). The van der Waals surface area contributed by atoms with Gasteiger partial charge in [-0.2, -0.15) is 0 Å². The van der Waals surface area contributed by atoms with Crippen LogP contribution in [0.15, 0.2) is 28.7 Å². The summed E-state index contributed by atoms with van der Waals surface area (Å²) in [4.78, 5) is 23.6. The first-order valence-electron chi connectivity index (χ1n) is 6.19. The number of carbonyl (C=O) groups is 2. The van der Waals surface area contributed by atoms with Crippen molar-refractivity contribution in [1.82, 2.24) is 0 Å². The number of benzene rings is 1. The molecule has 0 bridgehead atoms. The molecular formula is C15H19BrO2. The average Bonchev–Trinajstić information content (AvgIpc) is 2.28. The van der Waals surface area contributed by atoms with Crippen molar-refractivity contribution >= 4 is 27.5 Å². The van der Waals surface area contributed by atoms with E-state index in [0.29, 0.717) is 17.9 Å². The van der Waals surface area contributed by atoms with Crippen molar-refractivity contribution in [2.24, 2.45) is 11.8 Å². The summed E-state index contributed by atoms with van der Waals surface area (Å²) in [6, 6.07) is 7.27. The van der Waals surface area contributed by atoms with Gasteiger partial charge in [-0.3, -0.25) is 9.59 Å². The third-order valence-corrected chi connectivity index (χ3v) is 3.46. The molecule has 0 aromatic heterocycles. The normalized spacial score (nSPS) is 12.5. The number of hydrogen-bond acceptors (Lipinski definition) is 2. The van der Waals surface area contributed by atoms with E-state index < -0.39 is 0 Å². The molecule has 1 aromatic carbocycles. The zero-order valence-corrected chi connectivity index (χ0v) is 12.7. The lowest BCUT2D eigenvalue weighted by atomic mass is 9.88. The van der Waals surface area contributed by atoms with Crippen molar-refractivity contribution in [3.05, 3.63) is 34.3 Å².